The van der Waals surface area contributed by atoms with Gasteiger partial charge in [0, 0.05) is 30.6 Å². The maximum atomic E-state index is 12.7. The normalized spacial score (nSPS) is 19.0. The highest BCUT2D eigenvalue weighted by Gasteiger charge is 2.35. The molecule has 1 heterocycles. The smallest absolute Gasteiger partial charge is 0.494 e. The molecule has 2 aliphatic rings. The van der Waals surface area contributed by atoms with E-state index in [2.05, 4.69) is 14.4 Å². The SMILES string of the molecule is O=C(c1ccc(OCCCN2CC[C@@H](NS(=O)(=O)c3ccccc3OC(F)(F)F)C2)cc1)C1CC1. The Labute approximate surface area is 202 Å². The van der Waals surface area contributed by atoms with Gasteiger partial charge >= 0.3 is 6.36 Å². The van der Waals surface area contributed by atoms with Crippen molar-refractivity contribution in [1.29, 1.82) is 0 Å². The van der Waals surface area contributed by atoms with Crippen molar-refractivity contribution in [3.8, 4) is 11.5 Å². The third-order valence-electron chi connectivity index (χ3n) is 5.93. The van der Waals surface area contributed by atoms with E-state index in [1.807, 2.05) is 0 Å². The van der Waals surface area contributed by atoms with E-state index in [1.54, 1.807) is 24.3 Å². The van der Waals surface area contributed by atoms with Crippen LogP contribution in [0.15, 0.2) is 53.4 Å². The summed E-state index contributed by atoms with van der Waals surface area (Å²) in [6.07, 6.45) is -1.80. The van der Waals surface area contributed by atoms with E-state index in [9.17, 15) is 26.4 Å². The quantitative estimate of drug-likeness (QED) is 0.362. The summed E-state index contributed by atoms with van der Waals surface area (Å²) >= 11 is 0. The Morgan fingerprint density at radius 3 is 2.46 bits per heavy atom. The molecular formula is C24H27F3N2O5S. The summed E-state index contributed by atoms with van der Waals surface area (Å²) in [6, 6.07) is 11.4. The summed E-state index contributed by atoms with van der Waals surface area (Å²) in [7, 11) is -4.19. The van der Waals surface area contributed by atoms with Gasteiger partial charge in [0.1, 0.15) is 16.4 Å². The number of Topliss-reactive ketones (excluding diaryl/α,β-unsaturated/α-hetero) is 1. The minimum atomic E-state index is -4.99. The van der Waals surface area contributed by atoms with Gasteiger partial charge in [0.25, 0.3) is 0 Å². The molecule has 11 heteroatoms. The fourth-order valence-electron chi connectivity index (χ4n) is 4.07. The maximum absolute atomic E-state index is 12.7. The summed E-state index contributed by atoms with van der Waals surface area (Å²) in [5.74, 6) is 0.291. The van der Waals surface area contributed by atoms with Gasteiger partial charge in [-0.3, -0.25) is 4.79 Å². The van der Waals surface area contributed by atoms with Gasteiger partial charge in [-0.15, -0.1) is 13.2 Å². The Bertz CT molecular complexity index is 1130. The lowest BCUT2D eigenvalue weighted by atomic mass is 10.1. The number of likely N-dealkylation sites (tertiary alicyclic amines) is 1. The largest absolute Gasteiger partial charge is 0.573 e. The Morgan fingerprint density at radius 1 is 1.06 bits per heavy atom. The van der Waals surface area contributed by atoms with Crippen LogP contribution in [0.1, 0.15) is 36.0 Å². The molecule has 1 aliphatic heterocycles. The number of nitrogens with zero attached hydrogens (tertiary/aromatic N) is 1. The first-order chi connectivity index (χ1) is 16.6. The second-order valence-electron chi connectivity index (χ2n) is 8.77. The Kier molecular flexibility index (Phi) is 7.67. The lowest BCUT2D eigenvalue weighted by Gasteiger charge is -2.18. The van der Waals surface area contributed by atoms with Crippen LogP contribution in [-0.2, 0) is 10.0 Å². The number of alkyl halides is 3. The average Bonchev–Trinajstić information content (AvgIpc) is 3.56. The fourth-order valence-corrected chi connectivity index (χ4v) is 5.46. The third kappa shape index (κ3) is 7.18. The van der Waals surface area contributed by atoms with Crippen molar-refractivity contribution in [2.75, 3.05) is 26.2 Å². The molecule has 2 fully saturated rings. The van der Waals surface area contributed by atoms with Gasteiger partial charge in [-0.1, -0.05) is 12.1 Å². The van der Waals surface area contributed by atoms with Gasteiger partial charge in [-0.2, -0.15) is 0 Å². The molecule has 0 aromatic heterocycles. The van der Waals surface area contributed by atoms with Crippen molar-refractivity contribution in [3.05, 3.63) is 54.1 Å². The van der Waals surface area contributed by atoms with E-state index >= 15 is 0 Å². The Balaban J connectivity index is 1.21. The lowest BCUT2D eigenvalue weighted by molar-refractivity contribution is -0.275. The molecule has 190 valence electrons. The van der Waals surface area contributed by atoms with Crippen molar-refractivity contribution in [2.45, 2.75) is 43.0 Å². The van der Waals surface area contributed by atoms with Crippen LogP contribution in [0.3, 0.4) is 0 Å². The van der Waals surface area contributed by atoms with Gasteiger partial charge in [0.05, 0.1) is 6.61 Å². The Morgan fingerprint density at radius 2 is 1.77 bits per heavy atom. The van der Waals surface area contributed by atoms with Crippen LogP contribution in [-0.4, -0.2) is 57.7 Å². The second kappa shape index (κ2) is 10.5. The number of carbonyl (C=O) groups is 1. The summed E-state index contributed by atoms with van der Waals surface area (Å²) in [5, 5.41) is 0. The molecule has 0 spiro atoms. The van der Waals surface area contributed by atoms with Crippen molar-refractivity contribution in [3.63, 3.8) is 0 Å². The van der Waals surface area contributed by atoms with Crippen LogP contribution in [0.5, 0.6) is 11.5 Å². The lowest BCUT2D eigenvalue weighted by Crippen LogP contribution is -2.37. The number of sulfonamides is 1. The standard InChI is InChI=1S/C24H27F3N2O5S/c25-24(26,27)34-21-4-1-2-5-22(21)35(31,32)28-19-12-14-29(16-19)13-3-15-33-20-10-8-18(9-11-20)23(30)17-6-7-17/h1-2,4-5,8-11,17,19,28H,3,6-7,12-16H2/t19-/m1/s1. The number of carbonyl (C=O) groups excluding carboxylic acids is 1. The van der Waals surface area contributed by atoms with Gasteiger partial charge in [0.15, 0.2) is 5.78 Å². The van der Waals surface area contributed by atoms with E-state index in [0.29, 0.717) is 50.4 Å². The van der Waals surface area contributed by atoms with Crippen LogP contribution in [0, 0.1) is 5.92 Å². The van der Waals surface area contributed by atoms with Crippen LogP contribution in [0.2, 0.25) is 0 Å². The van der Waals surface area contributed by atoms with E-state index in [0.717, 1.165) is 25.0 Å². The second-order valence-corrected chi connectivity index (χ2v) is 10.4. The number of ether oxygens (including phenoxy) is 2. The minimum Gasteiger partial charge on any atom is -0.494 e. The molecule has 0 radical (unpaired) electrons. The van der Waals surface area contributed by atoms with Gasteiger partial charge in [0.2, 0.25) is 10.0 Å². The number of rotatable bonds is 11. The molecule has 2 aromatic rings. The Hall–Kier alpha value is -2.63. The molecule has 1 N–H and O–H groups in total. The zero-order valence-electron chi connectivity index (χ0n) is 19.0. The van der Waals surface area contributed by atoms with Crippen LogP contribution in [0.4, 0.5) is 13.2 Å². The monoisotopic (exact) mass is 512 g/mol. The number of halogens is 3. The highest BCUT2D eigenvalue weighted by molar-refractivity contribution is 7.89. The van der Waals surface area contributed by atoms with Gasteiger partial charge < -0.3 is 14.4 Å². The first-order valence-electron chi connectivity index (χ1n) is 11.5. The van der Waals surface area contributed by atoms with Crippen molar-refractivity contribution in [2.24, 2.45) is 5.92 Å². The van der Waals surface area contributed by atoms with Crippen molar-refractivity contribution in [1.82, 2.24) is 9.62 Å². The summed E-state index contributed by atoms with van der Waals surface area (Å²) in [6.45, 7) is 2.25. The molecule has 2 aromatic carbocycles. The topological polar surface area (TPSA) is 84.9 Å². The molecule has 1 saturated carbocycles. The fraction of sp³-hybridized carbons (Fsp3) is 0.458. The van der Waals surface area contributed by atoms with E-state index in [1.165, 1.54) is 12.1 Å². The molecular weight excluding hydrogens is 485 g/mol. The minimum absolute atomic E-state index is 0.179. The predicted octanol–water partition coefficient (Wildman–Crippen LogP) is 4.00. The first-order valence-corrected chi connectivity index (χ1v) is 13.0. The third-order valence-corrected chi connectivity index (χ3v) is 7.49. The predicted molar refractivity (Wildman–Crippen MR) is 122 cm³/mol. The molecule has 7 nitrogen and oxygen atoms in total. The summed E-state index contributed by atoms with van der Waals surface area (Å²) in [5.41, 5.74) is 0.706. The van der Waals surface area contributed by atoms with Crippen molar-refractivity contribution >= 4 is 15.8 Å². The van der Waals surface area contributed by atoms with Crippen LogP contribution in [0.25, 0.3) is 0 Å². The zero-order valence-corrected chi connectivity index (χ0v) is 19.8. The maximum Gasteiger partial charge on any atom is 0.573 e. The number of nitrogens with one attached hydrogen (secondary N) is 1. The number of hydrogen-bond acceptors (Lipinski definition) is 6. The highest BCUT2D eigenvalue weighted by Crippen LogP contribution is 2.33. The number of hydrogen-bond donors (Lipinski definition) is 1. The molecule has 4 rings (SSSR count). The van der Waals surface area contributed by atoms with Gasteiger partial charge in [-0.25, -0.2) is 13.1 Å². The zero-order chi connectivity index (χ0) is 25.1. The van der Waals surface area contributed by atoms with E-state index in [-0.39, 0.29) is 11.7 Å². The molecule has 1 aliphatic carbocycles. The highest BCUT2D eigenvalue weighted by atomic mass is 32.2. The van der Waals surface area contributed by atoms with Crippen molar-refractivity contribution < 1.29 is 35.9 Å². The molecule has 0 bridgehead atoms. The molecule has 0 unspecified atom stereocenters. The van der Waals surface area contributed by atoms with E-state index < -0.39 is 33.1 Å². The molecule has 0 amide bonds. The van der Waals surface area contributed by atoms with Crippen LogP contribution >= 0.6 is 0 Å². The summed E-state index contributed by atoms with van der Waals surface area (Å²) < 4.78 is 75.4. The van der Waals surface area contributed by atoms with Gasteiger partial charge in [-0.05, 0) is 68.6 Å². The number of benzene rings is 2. The average molecular weight is 513 g/mol. The number of para-hydroxylation sites is 1. The van der Waals surface area contributed by atoms with E-state index in [4.69, 9.17) is 4.74 Å². The first kappa shape index (κ1) is 25.5. The summed E-state index contributed by atoms with van der Waals surface area (Å²) in [4.78, 5) is 13.6. The number of ketones is 1. The molecule has 1 atom stereocenters. The molecule has 1 saturated heterocycles. The van der Waals surface area contributed by atoms with Crippen LogP contribution < -0.4 is 14.2 Å². The molecule has 35 heavy (non-hydrogen) atoms.